The predicted molar refractivity (Wildman–Crippen MR) is 91.9 cm³/mol. The molecule has 0 bridgehead atoms. The quantitative estimate of drug-likeness (QED) is 0.719. The third kappa shape index (κ3) is 4.17. The minimum Gasteiger partial charge on any atom is -0.268 e. The van der Waals surface area contributed by atoms with Crippen LogP contribution < -0.4 is 4.72 Å². The molecule has 0 unspecified atom stereocenters. The Kier molecular flexibility index (Phi) is 5.03. The highest BCUT2D eigenvalue weighted by molar-refractivity contribution is 7.89. The second kappa shape index (κ2) is 7.12. The van der Waals surface area contributed by atoms with E-state index >= 15 is 0 Å². The molecular weight excluding hydrogens is 381 g/mol. The number of hydrogen-bond donors (Lipinski definition) is 1. The Hall–Kier alpha value is -2.72. The van der Waals surface area contributed by atoms with Crippen LogP contribution in [0.3, 0.4) is 0 Å². The first-order valence-corrected chi connectivity index (χ1v) is 9.25. The summed E-state index contributed by atoms with van der Waals surface area (Å²) in [5.41, 5.74) is 0.776. The van der Waals surface area contributed by atoms with Gasteiger partial charge in [0.2, 0.25) is 10.0 Å². The smallest absolute Gasteiger partial charge is 0.268 e. The van der Waals surface area contributed by atoms with Gasteiger partial charge < -0.3 is 0 Å². The summed E-state index contributed by atoms with van der Waals surface area (Å²) in [6.45, 7) is -0.201. The number of nitrogens with one attached hydrogen (secondary N) is 1. The van der Waals surface area contributed by atoms with E-state index in [1.165, 1.54) is 12.3 Å². The first-order chi connectivity index (χ1) is 12.7. The summed E-state index contributed by atoms with van der Waals surface area (Å²) in [4.78, 5) is 3.24. The van der Waals surface area contributed by atoms with E-state index in [2.05, 4.69) is 14.8 Å². The first-order valence-electron chi connectivity index (χ1n) is 7.77. The molecule has 0 amide bonds. The maximum atomic E-state index is 13.1. The van der Waals surface area contributed by atoms with Crippen LogP contribution in [0.15, 0.2) is 59.9 Å². The maximum Gasteiger partial charge on any atom is 0.417 e. The summed E-state index contributed by atoms with van der Waals surface area (Å²) in [5.74, 6) is 0. The molecule has 0 aliphatic rings. The molecule has 2 aromatic heterocycles. The van der Waals surface area contributed by atoms with Crippen LogP contribution in [0.2, 0.25) is 0 Å². The fraction of sp³-hybridized carbons (Fsp3) is 0.176. The van der Waals surface area contributed by atoms with E-state index in [0.717, 1.165) is 23.9 Å². The van der Waals surface area contributed by atoms with Crippen molar-refractivity contribution in [1.82, 2.24) is 19.5 Å². The van der Waals surface area contributed by atoms with E-state index in [9.17, 15) is 21.6 Å². The van der Waals surface area contributed by atoms with Crippen LogP contribution in [0.5, 0.6) is 0 Å². The van der Waals surface area contributed by atoms with Crippen molar-refractivity contribution < 1.29 is 21.6 Å². The van der Waals surface area contributed by atoms with Crippen molar-refractivity contribution >= 4 is 10.0 Å². The minimum absolute atomic E-state index is 0.201. The molecule has 0 saturated heterocycles. The molecule has 0 atom stereocenters. The summed E-state index contributed by atoms with van der Waals surface area (Å²) in [5, 5.41) is 4.05. The Morgan fingerprint density at radius 2 is 1.89 bits per heavy atom. The van der Waals surface area contributed by atoms with Crippen molar-refractivity contribution in [3.8, 4) is 11.3 Å². The van der Waals surface area contributed by atoms with Gasteiger partial charge in [-0.2, -0.15) is 18.3 Å². The summed E-state index contributed by atoms with van der Waals surface area (Å²) < 4.78 is 67.9. The summed E-state index contributed by atoms with van der Waals surface area (Å²) in [6.07, 6.45) is -0.128. The molecule has 0 aliphatic heterocycles. The van der Waals surface area contributed by atoms with Gasteiger partial charge in [0, 0.05) is 37.7 Å². The molecule has 0 aliphatic carbocycles. The average molecular weight is 396 g/mol. The Morgan fingerprint density at radius 3 is 2.56 bits per heavy atom. The van der Waals surface area contributed by atoms with Gasteiger partial charge in [-0.15, -0.1) is 0 Å². The third-order valence-electron chi connectivity index (χ3n) is 3.86. The second-order valence-electron chi connectivity index (χ2n) is 5.74. The number of nitrogens with zero attached hydrogens (tertiary/aromatic N) is 3. The zero-order chi connectivity index (χ0) is 19.7. The maximum absolute atomic E-state index is 13.1. The van der Waals surface area contributed by atoms with Crippen molar-refractivity contribution in [1.29, 1.82) is 0 Å². The lowest BCUT2D eigenvalue weighted by atomic mass is 10.1. The molecule has 10 heteroatoms. The van der Waals surface area contributed by atoms with Gasteiger partial charge in [-0.1, -0.05) is 12.1 Å². The lowest BCUT2D eigenvalue weighted by Gasteiger charge is -2.14. The van der Waals surface area contributed by atoms with Crippen molar-refractivity contribution in [2.24, 2.45) is 7.05 Å². The van der Waals surface area contributed by atoms with Gasteiger partial charge in [-0.3, -0.25) is 9.67 Å². The van der Waals surface area contributed by atoms with Crippen LogP contribution in [0.25, 0.3) is 11.3 Å². The molecule has 3 aromatic rings. The number of aryl methyl sites for hydroxylation is 1. The summed E-state index contributed by atoms with van der Waals surface area (Å²) in [6, 6.07) is 7.51. The van der Waals surface area contributed by atoms with Gasteiger partial charge in [-0.05, 0) is 29.8 Å². The molecular formula is C17H15F3N4O2S. The fourth-order valence-electron chi connectivity index (χ4n) is 2.57. The number of benzene rings is 1. The molecule has 142 valence electrons. The van der Waals surface area contributed by atoms with E-state index in [1.807, 2.05) is 0 Å². The van der Waals surface area contributed by atoms with Crippen LogP contribution in [0.4, 0.5) is 13.2 Å². The standard InChI is InChI=1S/C17H15F3N4O2S/c1-24-15(6-7-22-24)13-8-12(9-21-11-13)10-23-27(25,26)16-5-3-2-4-14(16)17(18,19)20/h2-9,11,23H,10H2,1H3. The molecule has 0 spiro atoms. The number of halogens is 3. The van der Waals surface area contributed by atoms with E-state index in [4.69, 9.17) is 0 Å². The van der Waals surface area contributed by atoms with Crippen molar-refractivity contribution in [2.75, 3.05) is 0 Å². The summed E-state index contributed by atoms with van der Waals surface area (Å²) >= 11 is 0. The van der Waals surface area contributed by atoms with E-state index in [-0.39, 0.29) is 6.54 Å². The monoisotopic (exact) mass is 396 g/mol. The van der Waals surface area contributed by atoms with Crippen molar-refractivity contribution in [2.45, 2.75) is 17.6 Å². The lowest BCUT2D eigenvalue weighted by Crippen LogP contribution is -2.26. The number of sulfonamides is 1. The molecule has 3 rings (SSSR count). The Bertz CT molecular complexity index is 1060. The predicted octanol–water partition coefficient (Wildman–Crippen LogP) is 2.98. The van der Waals surface area contributed by atoms with Crippen LogP contribution in [0, 0.1) is 0 Å². The Morgan fingerprint density at radius 1 is 1.15 bits per heavy atom. The SMILES string of the molecule is Cn1nccc1-c1cncc(CNS(=O)(=O)c2ccccc2C(F)(F)F)c1. The molecule has 6 nitrogen and oxygen atoms in total. The number of pyridine rings is 1. The van der Waals surface area contributed by atoms with Crippen molar-refractivity contribution in [3.05, 3.63) is 66.1 Å². The molecule has 1 N–H and O–H groups in total. The lowest BCUT2D eigenvalue weighted by molar-refractivity contribution is -0.139. The van der Waals surface area contributed by atoms with E-state index in [0.29, 0.717) is 11.1 Å². The highest BCUT2D eigenvalue weighted by Gasteiger charge is 2.36. The molecule has 2 heterocycles. The van der Waals surface area contributed by atoms with Crippen LogP contribution >= 0.6 is 0 Å². The van der Waals surface area contributed by atoms with Crippen LogP contribution in [-0.2, 0) is 29.8 Å². The molecule has 27 heavy (non-hydrogen) atoms. The zero-order valence-electron chi connectivity index (χ0n) is 14.1. The van der Waals surface area contributed by atoms with E-state index in [1.54, 1.807) is 36.3 Å². The molecule has 0 fully saturated rings. The van der Waals surface area contributed by atoms with Gasteiger partial charge >= 0.3 is 6.18 Å². The van der Waals surface area contributed by atoms with Crippen molar-refractivity contribution in [3.63, 3.8) is 0 Å². The largest absolute Gasteiger partial charge is 0.417 e. The van der Waals surface area contributed by atoms with Gasteiger partial charge in [-0.25, -0.2) is 13.1 Å². The highest BCUT2D eigenvalue weighted by Crippen LogP contribution is 2.33. The fourth-order valence-corrected chi connectivity index (χ4v) is 3.82. The Balaban J connectivity index is 1.84. The van der Waals surface area contributed by atoms with Crippen LogP contribution in [0.1, 0.15) is 11.1 Å². The Labute approximate surface area is 153 Å². The minimum atomic E-state index is -4.77. The molecule has 1 aromatic carbocycles. The van der Waals surface area contributed by atoms with Gasteiger partial charge in [0.1, 0.15) is 0 Å². The first kappa shape index (κ1) is 19.1. The zero-order valence-corrected chi connectivity index (χ0v) is 14.9. The third-order valence-corrected chi connectivity index (χ3v) is 5.32. The second-order valence-corrected chi connectivity index (χ2v) is 7.48. The number of alkyl halides is 3. The van der Waals surface area contributed by atoms with Gasteiger partial charge in [0.15, 0.2) is 0 Å². The van der Waals surface area contributed by atoms with E-state index < -0.39 is 26.7 Å². The van der Waals surface area contributed by atoms with Gasteiger partial charge in [0.25, 0.3) is 0 Å². The highest BCUT2D eigenvalue weighted by atomic mass is 32.2. The number of hydrogen-bond acceptors (Lipinski definition) is 4. The van der Waals surface area contributed by atoms with Crippen LogP contribution in [-0.4, -0.2) is 23.2 Å². The number of rotatable bonds is 5. The average Bonchev–Trinajstić information content (AvgIpc) is 3.06. The number of aromatic nitrogens is 3. The summed E-state index contributed by atoms with van der Waals surface area (Å²) in [7, 11) is -2.61. The molecule has 0 saturated carbocycles. The van der Waals surface area contributed by atoms with Gasteiger partial charge in [0.05, 0.1) is 16.2 Å². The topological polar surface area (TPSA) is 76.9 Å². The normalized spacial score (nSPS) is 12.3. The molecule has 0 radical (unpaired) electrons.